The summed E-state index contributed by atoms with van der Waals surface area (Å²) < 4.78 is 2.72. The number of hydrogen-bond donors (Lipinski definition) is 2. The van der Waals surface area contributed by atoms with Crippen molar-refractivity contribution in [2.75, 3.05) is 13.0 Å². The third-order valence-corrected chi connectivity index (χ3v) is 2.17. The van der Waals surface area contributed by atoms with Gasteiger partial charge in [-0.15, -0.1) is 0 Å². The fraction of sp³-hybridized carbons (Fsp3) is 0.200. The molecule has 17 heavy (non-hydrogen) atoms. The van der Waals surface area contributed by atoms with Gasteiger partial charge in [0.1, 0.15) is 0 Å². The molecule has 0 aliphatic heterocycles. The van der Waals surface area contributed by atoms with E-state index in [0.29, 0.717) is 0 Å². The maximum atomic E-state index is 11.4. The summed E-state index contributed by atoms with van der Waals surface area (Å²) in [7, 11) is 0. The summed E-state index contributed by atoms with van der Waals surface area (Å²) >= 11 is 1.32. The highest BCUT2D eigenvalue weighted by Gasteiger charge is 2.09. The first-order chi connectivity index (χ1) is 8.15. The Morgan fingerprint density at radius 3 is 2.41 bits per heavy atom. The summed E-state index contributed by atoms with van der Waals surface area (Å²) in [6, 6.07) is 5.35. The molecule has 2 N–H and O–H groups in total. The van der Waals surface area contributed by atoms with Gasteiger partial charge in [0.25, 0.3) is 0 Å². The van der Waals surface area contributed by atoms with Gasteiger partial charge >= 0.3 is 11.9 Å². The molecule has 0 fully saturated rings. The molecule has 0 heterocycles. The standard InChI is InChI=1S/C10H11NO5S/c1-17-11-6-15-16-10(14)8-4-2-7(3-5-8)9(12)13/h2-5,11H,6H2,1H3,(H,12,13). The normalized spacial score (nSPS) is 9.94. The lowest BCUT2D eigenvalue weighted by atomic mass is 10.1. The van der Waals surface area contributed by atoms with Crippen molar-refractivity contribution in [3.05, 3.63) is 35.4 Å². The highest BCUT2D eigenvalue weighted by atomic mass is 32.2. The van der Waals surface area contributed by atoms with Crippen LogP contribution >= 0.6 is 11.9 Å². The molecule has 1 aromatic rings. The first-order valence-electron chi connectivity index (χ1n) is 4.58. The molecule has 0 atom stereocenters. The quantitative estimate of drug-likeness (QED) is 0.261. The van der Waals surface area contributed by atoms with Gasteiger partial charge in [0.2, 0.25) is 0 Å². The van der Waals surface area contributed by atoms with Gasteiger partial charge in [0.15, 0.2) is 6.73 Å². The van der Waals surface area contributed by atoms with Crippen LogP contribution in [0.25, 0.3) is 0 Å². The van der Waals surface area contributed by atoms with Gasteiger partial charge in [-0.25, -0.2) is 14.3 Å². The number of carboxylic acids is 1. The Balaban J connectivity index is 2.49. The van der Waals surface area contributed by atoms with Gasteiger partial charge in [0.05, 0.1) is 11.1 Å². The van der Waals surface area contributed by atoms with Crippen LogP contribution in [0.3, 0.4) is 0 Å². The van der Waals surface area contributed by atoms with E-state index in [-0.39, 0.29) is 17.9 Å². The fourth-order valence-electron chi connectivity index (χ4n) is 0.963. The van der Waals surface area contributed by atoms with Crippen LogP contribution in [-0.2, 0) is 9.78 Å². The first kappa shape index (κ1) is 13.5. The van der Waals surface area contributed by atoms with Crippen molar-refractivity contribution in [2.45, 2.75) is 0 Å². The number of carbonyl (C=O) groups excluding carboxylic acids is 1. The minimum Gasteiger partial charge on any atom is -0.478 e. The summed E-state index contributed by atoms with van der Waals surface area (Å²) in [6.07, 6.45) is 1.80. The van der Waals surface area contributed by atoms with Crippen LogP contribution in [0.4, 0.5) is 0 Å². The Morgan fingerprint density at radius 2 is 1.88 bits per heavy atom. The minimum atomic E-state index is -1.05. The largest absolute Gasteiger partial charge is 0.478 e. The second-order valence-electron chi connectivity index (χ2n) is 2.86. The van der Waals surface area contributed by atoms with E-state index >= 15 is 0 Å². The number of benzene rings is 1. The average molecular weight is 257 g/mol. The molecule has 0 spiro atoms. The molecule has 0 bridgehead atoms. The van der Waals surface area contributed by atoms with Crippen molar-refractivity contribution in [1.82, 2.24) is 4.72 Å². The van der Waals surface area contributed by atoms with Crippen molar-refractivity contribution in [1.29, 1.82) is 0 Å². The molecular formula is C10H11NO5S. The number of carboxylic acid groups (broad SMARTS) is 1. The van der Waals surface area contributed by atoms with Crippen LogP contribution in [0.15, 0.2) is 24.3 Å². The zero-order chi connectivity index (χ0) is 12.7. The van der Waals surface area contributed by atoms with Gasteiger partial charge in [-0.3, -0.25) is 4.89 Å². The van der Waals surface area contributed by atoms with E-state index in [0.717, 1.165) is 0 Å². The zero-order valence-electron chi connectivity index (χ0n) is 9.00. The van der Waals surface area contributed by atoms with E-state index < -0.39 is 11.9 Å². The maximum absolute atomic E-state index is 11.4. The molecule has 0 aliphatic carbocycles. The molecule has 6 nitrogen and oxygen atoms in total. The van der Waals surface area contributed by atoms with Gasteiger partial charge in [-0.05, 0) is 30.5 Å². The van der Waals surface area contributed by atoms with Crippen molar-refractivity contribution in [3.8, 4) is 0 Å². The number of rotatable bonds is 6. The van der Waals surface area contributed by atoms with Crippen LogP contribution in [0.2, 0.25) is 0 Å². The third-order valence-electron chi connectivity index (χ3n) is 1.76. The fourth-order valence-corrected chi connectivity index (χ4v) is 1.13. The predicted molar refractivity (Wildman–Crippen MR) is 61.4 cm³/mol. The SMILES string of the molecule is CSNCOOC(=O)c1ccc(C(=O)O)cc1. The molecule has 7 heteroatoms. The van der Waals surface area contributed by atoms with Crippen LogP contribution in [0.5, 0.6) is 0 Å². The molecular weight excluding hydrogens is 246 g/mol. The van der Waals surface area contributed by atoms with E-state index in [1.165, 1.54) is 36.2 Å². The number of nitrogens with one attached hydrogen (secondary N) is 1. The van der Waals surface area contributed by atoms with E-state index in [1.54, 1.807) is 6.26 Å². The lowest BCUT2D eigenvalue weighted by Crippen LogP contribution is -2.13. The van der Waals surface area contributed by atoms with E-state index in [2.05, 4.69) is 14.5 Å². The molecule has 1 aromatic carbocycles. The number of carbonyl (C=O) groups is 2. The molecule has 0 radical (unpaired) electrons. The third kappa shape index (κ3) is 4.43. The lowest BCUT2D eigenvalue weighted by molar-refractivity contribution is -0.241. The van der Waals surface area contributed by atoms with E-state index in [4.69, 9.17) is 5.11 Å². The minimum absolute atomic E-state index is 0.0696. The maximum Gasteiger partial charge on any atom is 0.373 e. The number of aromatic carboxylic acids is 1. The topological polar surface area (TPSA) is 84.9 Å². The highest BCUT2D eigenvalue weighted by Crippen LogP contribution is 2.06. The predicted octanol–water partition coefficient (Wildman–Crippen LogP) is 1.30. The summed E-state index contributed by atoms with van der Waals surface area (Å²) in [5.41, 5.74) is 0.325. The van der Waals surface area contributed by atoms with Gasteiger partial charge in [-0.2, -0.15) is 4.89 Å². The molecule has 0 saturated heterocycles. The molecule has 0 saturated carbocycles. The number of hydrogen-bond acceptors (Lipinski definition) is 6. The van der Waals surface area contributed by atoms with Gasteiger partial charge in [-0.1, -0.05) is 11.9 Å². The van der Waals surface area contributed by atoms with Crippen LogP contribution in [0, 0.1) is 0 Å². The molecule has 0 aromatic heterocycles. The van der Waals surface area contributed by atoms with Crippen molar-refractivity contribution in [3.63, 3.8) is 0 Å². The molecule has 0 aliphatic rings. The second kappa shape index (κ2) is 6.89. The first-order valence-corrected chi connectivity index (χ1v) is 5.80. The lowest BCUT2D eigenvalue weighted by Gasteiger charge is -2.03. The van der Waals surface area contributed by atoms with Crippen molar-refractivity contribution in [2.24, 2.45) is 0 Å². The van der Waals surface area contributed by atoms with Gasteiger partial charge < -0.3 is 5.11 Å². The summed E-state index contributed by atoms with van der Waals surface area (Å²) in [5.74, 6) is -1.73. The average Bonchev–Trinajstić information content (AvgIpc) is 2.34. The summed E-state index contributed by atoms with van der Waals surface area (Å²) in [5, 5.41) is 8.66. The Kier molecular flexibility index (Phi) is 5.47. The summed E-state index contributed by atoms with van der Waals surface area (Å²) in [6.45, 7) is 0.0696. The molecule has 0 unspecified atom stereocenters. The van der Waals surface area contributed by atoms with E-state index in [1.807, 2.05) is 0 Å². The Labute approximate surface area is 102 Å². The van der Waals surface area contributed by atoms with Gasteiger partial charge in [0, 0.05) is 0 Å². The Morgan fingerprint density at radius 1 is 1.29 bits per heavy atom. The zero-order valence-corrected chi connectivity index (χ0v) is 9.82. The second-order valence-corrected chi connectivity index (χ2v) is 3.56. The van der Waals surface area contributed by atoms with Crippen molar-refractivity contribution < 1.29 is 24.5 Å². The molecule has 1 rings (SSSR count). The Hall–Kier alpha value is -1.57. The van der Waals surface area contributed by atoms with E-state index in [9.17, 15) is 9.59 Å². The smallest absolute Gasteiger partial charge is 0.373 e. The summed E-state index contributed by atoms with van der Waals surface area (Å²) in [4.78, 5) is 31.0. The highest BCUT2D eigenvalue weighted by molar-refractivity contribution is 7.96. The molecule has 92 valence electrons. The van der Waals surface area contributed by atoms with Crippen LogP contribution in [0.1, 0.15) is 20.7 Å². The monoisotopic (exact) mass is 257 g/mol. The van der Waals surface area contributed by atoms with Crippen molar-refractivity contribution >= 4 is 23.9 Å². The van der Waals surface area contributed by atoms with Crippen LogP contribution in [-0.4, -0.2) is 30.0 Å². The molecule has 0 amide bonds. The Bertz CT molecular complexity index is 392. The van der Waals surface area contributed by atoms with Crippen LogP contribution < -0.4 is 4.72 Å².